The molecule has 0 fully saturated rings. The molecule has 180 valence electrons. The number of carbonyl (C=O) groups excluding carboxylic acids is 1. The van der Waals surface area contributed by atoms with Crippen molar-refractivity contribution in [2.24, 2.45) is 0 Å². The average Bonchev–Trinajstić information content (AvgIpc) is 2.81. The lowest BCUT2D eigenvalue weighted by atomic mass is 9.84. The Hall–Kier alpha value is -2.75. The van der Waals surface area contributed by atoms with E-state index >= 15 is 0 Å². The number of sulfonamides is 1. The van der Waals surface area contributed by atoms with Gasteiger partial charge in [0.1, 0.15) is 5.25 Å². The van der Waals surface area contributed by atoms with Gasteiger partial charge in [0, 0.05) is 12.3 Å². The Morgan fingerprint density at radius 2 is 1.62 bits per heavy atom. The van der Waals surface area contributed by atoms with Crippen molar-refractivity contribution < 1.29 is 26.4 Å². The van der Waals surface area contributed by atoms with Crippen LogP contribution in [0.4, 0.5) is 0 Å². The number of hydrogen-bond acceptors (Lipinski definition) is 6. The van der Waals surface area contributed by atoms with Gasteiger partial charge in [0.15, 0.2) is 15.4 Å². The second-order valence-electron chi connectivity index (χ2n) is 8.69. The second-order valence-corrected chi connectivity index (χ2v) is 12.9. The average molecular weight is 502 g/mol. The lowest BCUT2D eigenvalue weighted by molar-refractivity contribution is -0.152. The number of nitrogens with zero attached hydrogens (tertiary/aromatic N) is 1. The van der Waals surface area contributed by atoms with Gasteiger partial charge in [-0.3, -0.25) is 0 Å². The Bertz CT molecular complexity index is 1480. The topological polar surface area (TPSA) is 97.8 Å². The number of methoxy groups -OCH3 is 1. The number of benzene rings is 3. The molecule has 3 aromatic carbocycles. The third-order valence-electron chi connectivity index (χ3n) is 6.60. The zero-order valence-electron chi connectivity index (χ0n) is 19.5. The zero-order valence-corrected chi connectivity index (χ0v) is 21.1. The van der Waals surface area contributed by atoms with Crippen LogP contribution in [0.2, 0.25) is 0 Å². The Morgan fingerprint density at radius 3 is 2.18 bits per heavy atom. The fourth-order valence-corrected chi connectivity index (χ4v) is 8.39. The maximum atomic E-state index is 13.9. The van der Waals surface area contributed by atoms with Gasteiger partial charge in [0.2, 0.25) is 10.0 Å². The van der Waals surface area contributed by atoms with Crippen molar-refractivity contribution in [2.45, 2.75) is 43.0 Å². The molecule has 1 aliphatic rings. The molecule has 34 heavy (non-hydrogen) atoms. The highest BCUT2D eigenvalue weighted by Crippen LogP contribution is 2.48. The molecule has 2 atom stereocenters. The number of carbonyl (C=O) groups is 1. The number of esters is 1. The lowest BCUT2D eigenvalue weighted by Gasteiger charge is -2.46. The summed E-state index contributed by atoms with van der Waals surface area (Å²) in [7, 11) is -7.09. The van der Waals surface area contributed by atoms with Crippen molar-refractivity contribution in [3.8, 4) is 0 Å². The molecule has 3 aromatic rings. The third kappa shape index (κ3) is 3.72. The van der Waals surface area contributed by atoms with Crippen LogP contribution in [-0.4, -0.2) is 45.5 Å². The van der Waals surface area contributed by atoms with Gasteiger partial charge in [-0.25, -0.2) is 21.6 Å². The summed E-state index contributed by atoms with van der Waals surface area (Å²) in [5, 5.41) is 0.217. The summed E-state index contributed by atoms with van der Waals surface area (Å²) in [6.45, 7) is 4.50. The molecule has 0 bridgehead atoms. The number of rotatable bonds is 5. The van der Waals surface area contributed by atoms with Gasteiger partial charge in [-0.05, 0) is 60.0 Å². The summed E-state index contributed by atoms with van der Waals surface area (Å²) in [5.41, 5.74) is -0.179. The number of ether oxygens (including phenoxy) is 1. The minimum absolute atomic E-state index is 0.0230. The summed E-state index contributed by atoms with van der Waals surface area (Å²) in [6.07, 6.45) is 0. The fourth-order valence-electron chi connectivity index (χ4n) is 4.74. The maximum Gasteiger partial charge on any atom is 0.328 e. The van der Waals surface area contributed by atoms with E-state index in [0.717, 1.165) is 27.8 Å². The van der Waals surface area contributed by atoms with Gasteiger partial charge >= 0.3 is 5.97 Å². The van der Waals surface area contributed by atoms with Crippen molar-refractivity contribution in [3.05, 3.63) is 77.4 Å². The Labute approximate surface area is 200 Å². The zero-order chi connectivity index (χ0) is 24.9. The fraction of sp³-hybridized carbons (Fsp3) is 0.320. The van der Waals surface area contributed by atoms with Crippen LogP contribution in [0.25, 0.3) is 10.8 Å². The van der Waals surface area contributed by atoms with E-state index in [0.29, 0.717) is 11.1 Å². The van der Waals surface area contributed by atoms with Gasteiger partial charge < -0.3 is 4.74 Å². The SMILES string of the molecule is CCS(=O)(=O)[C@@H]1c2cc3ccccc3cc2CN(S(=O)(=O)c2ccc(C)cc2)[C@@]1(C)C(=O)OC. The summed E-state index contributed by atoms with van der Waals surface area (Å²) in [5.74, 6) is -1.20. The molecule has 0 saturated heterocycles. The Kier molecular flexibility index (Phi) is 6.08. The molecule has 4 rings (SSSR count). The minimum atomic E-state index is -4.27. The first-order valence-electron chi connectivity index (χ1n) is 10.9. The van der Waals surface area contributed by atoms with Crippen molar-refractivity contribution in [3.63, 3.8) is 0 Å². The maximum absolute atomic E-state index is 13.9. The first-order chi connectivity index (χ1) is 16.0. The number of hydrogen-bond donors (Lipinski definition) is 0. The second kappa shape index (κ2) is 8.48. The van der Waals surface area contributed by atoms with Gasteiger partial charge in [-0.15, -0.1) is 0 Å². The highest BCUT2D eigenvalue weighted by atomic mass is 32.2. The molecule has 0 radical (unpaired) electrons. The van der Waals surface area contributed by atoms with Crippen molar-refractivity contribution in [1.82, 2.24) is 4.31 Å². The quantitative estimate of drug-likeness (QED) is 0.494. The van der Waals surface area contributed by atoms with Gasteiger partial charge in [-0.2, -0.15) is 4.31 Å². The van der Waals surface area contributed by atoms with E-state index in [1.54, 1.807) is 24.3 Å². The van der Waals surface area contributed by atoms with Gasteiger partial charge in [0.25, 0.3) is 0 Å². The number of sulfone groups is 1. The number of aryl methyl sites for hydroxylation is 1. The molecule has 9 heteroatoms. The Balaban J connectivity index is 2.07. The van der Waals surface area contributed by atoms with E-state index in [1.807, 2.05) is 31.2 Å². The van der Waals surface area contributed by atoms with E-state index in [4.69, 9.17) is 4.74 Å². The van der Waals surface area contributed by atoms with Crippen molar-refractivity contribution >= 4 is 36.6 Å². The molecular formula is C25H27NO6S2. The van der Waals surface area contributed by atoms with E-state index in [1.165, 1.54) is 26.0 Å². The van der Waals surface area contributed by atoms with E-state index < -0.39 is 36.6 Å². The molecule has 0 spiro atoms. The molecule has 1 aliphatic heterocycles. The number of fused-ring (bicyclic) bond motifs is 2. The summed E-state index contributed by atoms with van der Waals surface area (Å²) < 4.78 is 60.8. The molecule has 0 aromatic heterocycles. The van der Waals surface area contributed by atoms with E-state index in [9.17, 15) is 21.6 Å². The van der Waals surface area contributed by atoms with Crippen LogP contribution >= 0.6 is 0 Å². The van der Waals surface area contributed by atoms with Crippen LogP contribution in [0, 0.1) is 6.92 Å². The van der Waals surface area contributed by atoms with Crippen LogP contribution in [0.1, 0.15) is 35.8 Å². The van der Waals surface area contributed by atoms with Crippen LogP contribution < -0.4 is 0 Å². The van der Waals surface area contributed by atoms with Gasteiger partial charge in [-0.1, -0.05) is 48.9 Å². The van der Waals surface area contributed by atoms with Gasteiger partial charge in [0.05, 0.1) is 12.0 Å². The molecule has 0 saturated carbocycles. The monoisotopic (exact) mass is 501 g/mol. The molecule has 1 heterocycles. The van der Waals surface area contributed by atoms with Crippen LogP contribution in [0.3, 0.4) is 0 Å². The minimum Gasteiger partial charge on any atom is -0.468 e. The molecule has 0 aliphatic carbocycles. The first kappa shape index (κ1) is 24.4. The largest absolute Gasteiger partial charge is 0.468 e. The molecule has 0 amide bonds. The normalized spacial score (nSPS) is 21.2. The van der Waals surface area contributed by atoms with Crippen LogP contribution in [-0.2, 0) is 35.9 Å². The van der Waals surface area contributed by atoms with Crippen LogP contribution in [0.5, 0.6) is 0 Å². The molecule has 0 unspecified atom stereocenters. The highest BCUT2D eigenvalue weighted by molar-refractivity contribution is 7.92. The predicted octanol–water partition coefficient (Wildman–Crippen LogP) is 3.76. The standard InChI is InChI=1S/C25H27NO6S2/c1-5-33(28,29)23-22-15-19-9-7-6-8-18(19)14-20(22)16-26(25(23,3)24(27)32-4)34(30,31)21-12-10-17(2)11-13-21/h6-15,23H,5,16H2,1-4H3/t23-,25-/m1/s1. The lowest BCUT2D eigenvalue weighted by Crippen LogP contribution is -2.62. The molecular weight excluding hydrogens is 474 g/mol. The predicted molar refractivity (Wildman–Crippen MR) is 130 cm³/mol. The van der Waals surface area contributed by atoms with E-state index in [2.05, 4.69) is 0 Å². The highest BCUT2D eigenvalue weighted by Gasteiger charge is 2.60. The summed E-state index contributed by atoms with van der Waals surface area (Å²) >= 11 is 0. The van der Waals surface area contributed by atoms with Crippen molar-refractivity contribution in [1.29, 1.82) is 0 Å². The Morgan fingerprint density at radius 1 is 1.03 bits per heavy atom. The van der Waals surface area contributed by atoms with Crippen LogP contribution in [0.15, 0.2) is 65.6 Å². The summed E-state index contributed by atoms with van der Waals surface area (Å²) in [4.78, 5) is 13.3. The molecule has 7 nitrogen and oxygen atoms in total. The summed E-state index contributed by atoms with van der Waals surface area (Å²) in [6, 6.07) is 17.2. The molecule has 0 N–H and O–H groups in total. The first-order valence-corrected chi connectivity index (χ1v) is 14.0. The third-order valence-corrected chi connectivity index (χ3v) is 10.8. The van der Waals surface area contributed by atoms with Crippen molar-refractivity contribution in [2.75, 3.05) is 12.9 Å². The van der Waals surface area contributed by atoms with E-state index in [-0.39, 0.29) is 17.2 Å². The smallest absolute Gasteiger partial charge is 0.328 e.